The van der Waals surface area contributed by atoms with Crippen molar-refractivity contribution in [3.63, 3.8) is 0 Å². The highest BCUT2D eigenvalue weighted by atomic mass is 16.4. The quantitative estimate of drug-likeness (QED) is 0.0526. The predicted molar refractivity (Wildman–Crippen MR) is 244 cm³/mol. The molecule has 0 aliphatic heterocycles. The third-order valence-corrected chi connectivity index (χ3v) is 10.8. The van der Waals surface area contributed by atoms with Gasteiger partial charge in [-0.3, -0.25) is 0 Å². The number of hydrogen-bond acceptors (Lipinski definition) is 2. The van der Waals surface area contributed by atoms with Crippen LogP contribution in [-0.2, 0) is 6.42 Å². The SMILES string of the molecule is CC(C)CCCCC[NH2+]CCCCCC(C)C.CC(C)CCCCC[NH2+]CCCCCC(C)C.CCCCCCCCCCCCc1ccc(B([O-])[O-])cc1. The summed E-state index contributed by atoms with van der Waals surface area (Å²) in [6.45, 7) is 26.2. The molecule has 0 atom stereocenters. The Morgan fingerprint density at radius 3 is 0.982 bits per heavy atom. The molecule has 1 rings (SSSR count). The second-order valence-electron chi connectivity index (χ2n) is 18.7. The van der Waals surface area contributed by atoms with Crippen molar-refractivity contribution in [2.75, 3.05) is 26.2 Å². The summed E-state index contributed by atoms with van der Waals surface area (Å²) in [6.07, 6.45) is 37.3. The van der Waals surface area contributed by atoms with Gasteiger partial charge in [-0.1, -0.05) is 203 Å². The lowest BCUT2D eigenvalue weighted by Gasteiger charge is -2.26. The number of aryl methyl sites for hydroxylation is 1. The van der Waals surface area contributed by atoms with E-state index >= 15 is 0 Å². The van der Waals surface area contributed by atoms with Gasteiger partial charge in [-0.15, -0.1) is 5.46 Å². The first-order valence-electron chi connectivity index (χ1n) is 24.5. The number of hydrogen-bond donors (Lipinski definition) is 2. The first-order chi connectivity index (χ1) is 26.5. The van der Waals surface area contributed by atoms with Crippen LogP contribution in [0.1, 0.15) is 235 Å². The molecular formula is C50H101BN2O2. The summed E-state index contributed by atoms with van der Waals surface area (Å²) in [6, 6.07) is 7.20. The lowest BCUT2D eigenvalue weighted by atomic mass is 9.80. The van der Waals surface area contributed by atoms with Gasteiger partial charge < -0.3 is 20.7 Å². The van der Waals surface area contributed by atoms with E-state index < -0.39 is 7.12 Å². The van der Waals surface area contributed by atoms with Crippen molar-refractivity contribution < 1.29 is 20.7 Å². The van der Waals surface area contributed by atoms with Crippen molar-refractivity contribution in [1.82, 2.24) is 0 Å². The van der Waals surface area contributed by atoms with Crippen LogP contribution < -0.4 is 26.1 Å². The van der Waals surface area contributed by atoms with Gasteiger partial charge >= 0.3 is 0 Å². The van der Waals surface area contributed by atoms with Crippen LogP contribution in [0.2, 0.25) is 0 Å². The van der Waals surface area contributed by atoms with Crippen molar-refractivity contribution >= 4 is 12.6 Å². The van der Waals surface area contributed by atoms with E-state index in [4.69, 9.17) is 0 Å². The van der Waals surface area contributed by atoms with E-state index in [0.29, 0.717) is 5.46 Å². The van der Waals surface area contributed by atoms with Crippen LogP contribution in [0, 0.1) is 23.7 Å². The molecule has 0 aliphatic carbocycles. The van der Waals surface area contributed by atoms with Gasteiger partial charge in [0.05, 0.1) is 26.2 Å². The van der Waals surface area contributed by atoms with Crippen LogP contribution in [0.4, 0.5) is 0 Å². The molecule has 0 heterocycles. The minimum absolute atomic E-state index is 0.349. The largest absolute Gasteiger partial charge is 0.889 e. The van der Waals surface area contributed by atoms with E-state index in [9.17, 15) is 10.0 Å². The molecule has 5 heteroatoms. The van der Waals surface area contributed by atoms with E-state index in [1.807, 2.05) is 12.1 Å². The number of rotatable bonds is 36. The standard InChI is InChI=1S/C18H29BO2.2C16H35N/c1-2-3-4-5-6-7-8-9-10-11-12-17-13-15-18(16-14-17)19(20)21;2*1-15(2)11-7-5-9-13-17-14-10-6-8-12-16(3)4/h13-16H,2-12H2,1H3;2*15-17H,5-14H2,1-4H3/q-2;;/p+2. The van der Waals surface area contributed by atoms with Gasteiger partial charge in [-0.25, -0.2) is 0 Å². The smallest absolute Gasteiger partial charge is 0.0755 e. The van der Waals surface area contributed by atoms with Crippen molar-refractivity contribution in [2.24, 2.45) is 23.7 Å². The van der Waals surface area contributed by atoms with E-state index in [-0.39, 0.29) is 0 Å². The summed E-state index contributed by atoms with van der Waals surface area (Å²) >= 11 is 0. The fourth-order valence-corrected chi connectivity index (χ4v) is 7.02. The molecule has 55 heavy (non-hydrogen) atoms. The normalized spacial score (nSPS) is 11.3. The Hall–Kier alpha value is -0.875. The monoisotopic (exact) mass is 773 g/mol. The van der Waals surface area contributed by atoms with Crippen LogP contribution >= 0.6 is 0 Å². The Bertz CT molecular complexity index is 777. The second-order valence-corrected chi connectivity index (χ2v) is 18.7. The summed E-state index contributed by atoms with van der Waals surface area (Å²) in [7, 11) is -1.85. The molecule has 0 spiro atoms. The van der Waals surface area contributed by atoms with Crippen molar-refractivity contribution in [2.45, 2.75) is 236 Å². The molecule has 0 unspecified atom stereocenters. The van der Waals surface area contributed by atoms with Gasteiger partial charge in [0.2, 0.25) is 0 Å². The Balaban J connectivity index is 0. The molecule has 0 fully saturated rings. The molecular weight excluding hydrogens is 671 g/mol. The molecule has 4 N–H and O–H groups in total. The van der Waals surface area contributed by atoms with Crippen LogP contribution in [0.5, 0.6) is 0 Å². The first kappa shape index (κ1) is 56.2. The van der Waals surface area contributed by atoms with Gasteiger partial charge in [0.15, 0.2) is 0 Å². The van der Waals surface area contributed by atoms with Gasteiger partial charge in [-0.2, -0.15) is 0 Å². The fourth-order valence-electron chi connectivity index (χ4n) is 7.02. The van der Waals surface area contributed by atoms with Gasteiger partial charge in [0.25, 0.3) is 0 Å². The first-order valence-corrected chi connectivity index (χ1v) is 24.5. The Morgan fingerprint density at radius 2 is 0.691 bits per heavy atom. The zero-order valence-electron chi connectivity index (χ0n) is 39.1. The van der Waals surface area contributed by atoms with Crippen molar-refractivity contribution in [1.29, 1.82) is 0 Å². The summed E-state index contributed by atoms with van der Waals surface area (Å²) in [5.74, 6) is 3.56. The fraction of sp³-hybridized carbons (Fsp3) is 0.880. The molecule has 0 bridgehead atoms. The second kappa shape index (κ2) is 44.2. The van der Waals surface area contributed by atoms with Crippen LogP contribution in [0.25, 0.3) is 0 Å². The van der Waals surface area contributed by atoms with Gasteiger partial charge in [0, 0.05) is 0 Å². The van der Waals surface area contributed by atoms with Crippen molar-refractivity contribution in [3.8, 4) is 0 Å². The third kappa shape index (κ3) is 49.2. The lowest BCUT2D eigenvalue weighted by molar-refractivity contribution is -0.655. The number of unbranched alkanes of at least 4 members (excludes halogenated alkanes) is 17. The molecule has 0 saturated carbocycles. The number of benzene rings is 1. The molecule has 326 valence electrons. The third-order valence-electron chi connectivity index (χ3n) is 10.8. The zero-order chi connectivity index (χ0) is 41.2. The highest BCUT2D eigenvalue weighted by Gasteiger charge is 2.00. The van der Waals surface area contributed by atoms with E-state index in [2.05, 4.69) is 72.9 Å². The number of quaternary nitrogens is 2. The maximum absolute atomic E-state index is 10.7. The molecule has 0 aromatic heterocycles. The highest BCUT2D eigenvalue weighted by Crippen LogP contribution is 2.13. The Kier molecular flexibility index (Phi) is 45.2. The minimum Gasteiger partial charge on any atom is -0.889 e. The maximum atomic E-state index is 10.7. The molecule has 0 amide bonds. The van der Waals surface area contributed by atoms with E-state index in [1.165, 1.54) is 199 Å². The molecule has 0 aliphatic rings. The van der Waals surface area contributed by atoms with Gasteiger partial charge in [0.1, 0.15) is 0 Å². The highest BCUT2D eigenvalue weighted by molar-refractivity contribution is 6.55. The van der Waals surface area contributed by atoms with Crippen LogP contribution in [0.15, 0.2) is 24.3 Å². The van der Waals surface area contributed by atoms with E-state index in [1.54, 1.807) is 12.1 Å². The molecule has 0 radical (unpaired) electrons. The Labute approximate surface area is 347 Å². The van der Waals surface area contributed by atoms with Crippen LogP contribution in [0.3, 0.4) is 0 Å². The predicted octanol–water partition coefficient (Wildman–Crippen LogP) is 10.5. The summed E-state index contributed by atoms with van der Waals surface area (Å²) in [5, 5.41) is 26.5. The lowest BCUT2D eigenvalue weighted by Crippen LogP contribution is -2.84. The maximum Gasteiger partial charge on any atom is 0.0755 e. The molecule has 1 aromatic carbocycles. The van der Waals surface area contributed by atoms with Crippen LogP contribution in [-0.4, -0.2) is 33.3 Å². The summed E-state index contributed by atoms with van der Waals surface area (Å²) in [4.78, 5) is 0. The van der Waals surface area contributed by atoms with Crippen molar-refractivity contribution in [3.05, 3.63) is 29.8 Å². The van der Waals surface area contributed by atoms with Gasteiger partial charge in [-0.05, 0) is 93.4 Å². The minimum atomic E-state index is -1.85. The average Bonchev–Trinajstić information content (AvgIpc) is 3.14. The summed E-state index contributed by atoms with van der Waals surface area (Å²) < 4.78 is 0. The topological polar surface area (TPSA) is 79.3 Å². The summed E-state index contributed by atoms with van der Waals surface area (Å²) in [5.41, 5.74) is 1.58. The number of nitrogens with two attached hydrogens (primary N) is 2. The van der Waals surface area contributed by atoms with E-state index in [0.717, 1.165) is 30.1 Å². The average molecular weight is 773 g/mol. The molecule has 4 nitrogen and oxygen atoms in total. The zero-order valence-corrected chi connectivity index (χ0v) is 39.1. The molecule has 0 saturated heterocycles. The Morgan fingerprint density at radius 1 is 0.400 bits per heavy atom. The molecule has 1 aromatic rings.